The number of aliphatic carboxylic acids is 1. The zero-order chi connectivity index (χ0) is 10.1. The van der Waals surface area contributed by atoms with E-state index >= 15 is 0 Å². The first-order valence-corrected chi connectivity index (χ1v) is 2.81. The predicted molar refractivity (Wildman–Crippen MR) is 37.7 cm³/mol. The summed E-state index contributed by atoms with van der Waals surface area (Å²) in [7, 11) is 0. The molecule has 0 atom stereocenters. The van der Waals surface area contributed by atoms with Gasteiger partial charge in [-0.3, -0.25) is 19.7 Å². The SMILES string of the molecule is CC(=O)NC(=O)C#N.CC(=O)O. The molecule has 0 bridgehead atoms. The Labute approximate surface area is 68.8 Å². The van der Waals surface area contributed by atoms with Gasteiger partial charge in [-0.05, 0) is 0 Å². The average molecular weight is 172 g/mol. The molecule has 6 heteroatoms. The predicted octanol–water partition coefficient (Wildman–Crippen LogP) is -0.736. The highest BCUT2D eigenvalue weighted by Crippen LogP contribution is 1.59. The highest BCUT2D eigenvalue weighted by atomic mass is 16.4. The van der Waals surface area contributed by atoms with Gasteiger partial charge >= 0.3 is 5.91 Å². The van der Waals surface area contributed by atoms with Crippen LogP contribution in [0.3, 0.4) is 0 Å². The maximum absolute atomic E-state index is 9.93. The molecular weight excluding hydrogens is 164 g/mol. The number of amides is 2. The van der Waals surface area contributed by atoms with Crippen molar-refractivity contribution < 1.29 is 19.5 Å². The van der Waals surface area contributed by atoms with Crippen LogP contribution in [0.1, 0.15) is 13.8 Å². The minimum absolute atomic E-state index is 0.517. The van der Waals surface area contributed by atoms with Crippen LogP contribution in [0, 0.1) is 11.3 Å². The van der Waals surface area contributed by atoms with Crippen molar-refractivity contribution in [3.63, 3.8) is 0 Å². The van der Waals surface area contributed by atoms with Gasteiger partial charge in [0.25, 0.3) is 5.97 Å². The third-order valence-corrected chi connectivity index (χ3v) is 0.391. The molecule has 0 aliphatic carbocycles. The second-order valence-corrected chi connectivity index (χ2v) is 1.64. The summed E-state index contributed by atoms with van der Waals surface area (Å²) in [6, 6.07) is 1.23. The molecule has 0 heterocycles. The lowest BCUT2D eigenvalue weighted by atomic mass is 10.6. The molecule has 0 saturated carbocycles. The maximum Gasteiger partial charge on any atom is 0.328 e. The Hall–Kier alpha value is -1.90. The van der Waals surface area contributed by atoms with E-state index in [1.54, 1.807) is 5.32 Å². The van der Waals surface area contributed by atoms with Crippen LogP contribution in [0.5, 0.6) is 0 Å². The van der Waals surface area contributed by atoms with Crippen LogP contribution in [0.15, 0.2) is 0 Å². The summed E-state index contributed by atoms with van der Waals surface area (Å²) < 4.78 is 0. The number of nitriles is 1. The molecule has 6 nitrogen and oxygen atoms in total. The fourth-order valence-corrected chi connectivity index (χ4v) is 0.188. The number of rotatable bonds is 0. The number of imide groups is 1. The van der Waals surface area contributed by atoms with Gasteiger partial charge in [-0.2, -0.15) is 5.26 Å². The van der Waals surface area contributed by atoms with Gasteiger partial charge in [-0.25, -0.2) is 0 Å². The summed E-state index contributed by atoms with van der Waals surface area (Å²) >= 11 is 0. The van der Waals surface area contributed by atoms with Crippen molar-refractivity contribution in [2.75, 3.05) is 0 Å². The van der Waals surface area contributed by atoms with Crippen molar-refractivity contribution >= 4 is 17.8 Å². The maximum atomic E-state index is 9.93. The Morgan fingerprint density at radius 1 is 1.33 bits per heavy atom. The number of carboxylic acid groups (broad SMARTS) is 1. The molecule has 0 radical (unpaired) electrons. The van der Waals surface area contributed by atoms with Crippen molar-refractivity contribution in [2.24, 2.45) is 0 Å². The lowest BCUT2D eigenvalue weighted by Gasteiger charge is -1.85. The van der Waals surface area contributed by atoms with E-state index < -0.39 is 17.8 Å². The summed E-state index contributed by atoms with van der Waals surface area (Å²) in [6.07, 6.45) is 0. The summed E-state index contributed by atoms with van der Waals surface area (Å²) in [5.41, 5.74) is 0. The molecule has 0 aromatic rings. The highest BCUT2D eigenvalue weighted by Gasteiger charge is 1.97. The summed E-state index contributed by atoms with van der Waals surface area (Å²) in [4.78, 5) is 28.9. The molecule has 0 rings (SSSR count). The first kappa shape index (κ1) is 12.7. The van der Waals surface area contributed by atoms with Gasteiger partial charge in [0.1, 0.15) is 0 Å². The Morgan fingerprint density at radius 3 is 1.75 bits per heavy atom. The number of carbonyl (C=O) groups is 3. The van der Waals surface area contributed by atoms with E-state index in [1.807, 2.05) is 0 Å². The molecular formula is C6H8N2O4. The Morgan fingerprint density at radius 2 is 1.67 bits per heavy atom. The largest absolute Gasteiger partial charge is 0.481 e. The lowest BCUT2D eigenvalue weighted by Crippen LogP contribution is -2.25. The zero-order valence-electron chi connectivity index (χ0n) is 6.62. The van der Waals surface area contributed by atoms with Gasteiger partial charge in [-0.1, -0.05) is 0 Å². The molecule has 66 valence electrons. The Balaban J connectivity index is 0. The molecule has 0 aliphatic rings. The molecule has 0 fully saturated rings. The normalized spacial score (nSPS) is 6.75. The van der Waals surface area contributed by atoms with Crippen molar-refractivity contribution in [1.82, 2.24) is 5.32 Å². The van der Waals surface area contributed by atoms with Gasteiger partial charge in [-0.15, -0.1) is 0 Å². The number of nitrogens with zero attached hydrogens (tertiary/aromatic N) is 1. The van der Waals surface area contributed by atoms with Crippen molar-refractivity contribution in [3.05, 3.63) is 0 Å². The fourth-order valence-electron chi connectivity index (χ4n) is 0.188. The fraction of sp³-hybridized carbons (Fsp3) is 0.333. The van der Waals surface area contributed by atoms with E-state index in [-0.39, 0.29) is 0 Å². The molecule has 0 aliphatic heterocycles. The quantitative estimate of drug-likeness (QED) is 0.468. The molecule has 0 saturated heterocycles. The molecule has 2 amide bonds. The minimum Gasteiger partial charge on any atom is -0.481 e. The summed E-state index contributed by atoms with van der Waals surface area (Å²) in [5.74, 6) is -2.27. The first-order chi connectivity index (χ1) is 5.40. The third kappa shape index (κ3) is 24.3. The van der Waals surface area contributed by atoms with E-state index in [0.29, 0.717) is 0 Å². The van der Waals surface area contributed by atoms with Crippen molar-refractivity contribution in [1.29, 1.82) is 5.26 Å². The third-order valence-electron chi connectivity index (χ3n) is 0.391. The lowest BCUT2D eigenvalue weighted by molar-refractivity contribution is -0.134. The van der Waals surface area contributed by atoms with Gasteiger partial charge in [0, 0.05) is 13.8 Å². The number of hydrogen-bond acceptors (Lipinski definition) is 4. The standard InChI is InChI=1S/C4H4N2O2.C2H4O2/c1-3(7)6-4(8)2-5;1-2(3)4/h1H3,(H,6,7,8);1H3,(H,3,4). The monoisotopic (exact) mass is 172 g/mol. The zero-order valence-corrected chi connectivity index (χ0v) is 6.62. The second kappa shape index (κ2) is 7.21. The summed E-state index contributed by atoms with van der Waals surface area (Å²) in [6.45, 7) is 2.25. The second-order valence-electron chi connectivity index (χ2n) is 1.64. The molecule has 0 unspecified atom stereocenters. The molecule has 2 N–H and O–H groups in total. The van der Waals surface area contributed by atoms with E-state index in [2.05, 4.69) is 0 Å². The first-order valence-electron chi connectivity index (χ1n) is 2.81. The van der Waals surface area contributed by atoms with E-state index in [1.165, 1.54) is 6.07 Å². The Kier molecular flexibility index (Phi) is 7.66. The van der Waals surface area contributed by atoms with Gasteiger partial charge in [0.05, 0.1) is 0 Å². The van der Waals surface area contributed by atoms with Crippen LogP contribution in [0.4, 0.5) is 0 Å². The van der Waals surface area contributed by atoms with Crippen LogP contribution >= 0.6 is 0 Å². The highest BCUT2D eigenvalue weighted by molar-refractivity contribution is 6.02. The van der Waals surface area contributed by atoms with Gasteiger partial charge < -0.3 is 5.11 Å². The number of carbonyl (C=O) groups excluding carboxylic acids is 2. The number of carboxylic acids is 1. The Bertz CT molecular complexity index is 224. The molecule has 0 aromatic carbocycles. The van der Waals surface area contributed by atoms with E-state index in [0.717, 1.165) is 13.8 Å². The van der Waals surface area contributed by atoms with Gasteiger partial charge in [0.2, 0.25) is 5.91 Å². The average Bonchev–Trinajstić information content (AvgIpc) is 1.84. The van der Waals surface area contributed by atoms with Crippen LogP contribution < -0.4 is 5.32 Å². The van der Waals surface area contributed by atoms with E-state index in [4.69, 9.17) is 15.2 Å². The van der Waals surface area contributed by atoms with Gasteiger partial charge in [0.15, 0.2) is 6.07 Å². The molecule has 0 spiro atoms. The number of nitrogens with one attached hydrogen (secondary N) is 1. The van der Waals surface area contributed by atoms with Crippen molar-refractivity contribution in [3.8, 4) is 6.07 Å². The van der Waals surface area contributed by atoms with Crippen LogP contribution in [0.2, 0.25) is 0 Å². The topological polar surface area (TPSA) is 107 Å². The van der Waals surface area contributed by atoms with E-state index in [9.17, 15) is 9.59 Å². The van der Waals surface area contributed by atoms with Crippen molar-refractivity contribution in [2.45, 2.75) is 13.8 Å². The summed E-state index contributed by atoms with van der Waals surface area (Å²) in [5, 5.41) is 16.9. The van der Waals surface area contributed by atoms with Crippen LogP contribution in [0.25, 0.3) is 0 Å². The van der Waals surface area contributed by atoms with Crippen LogP contribution in [-0.2, 0) is 14.4 Å². The molecule has 12 heavy (non-hydrogen) atoms. The smallest absolute Gasteiger partial charge is 0.328 e. The van der Waals surface area contributed by atoms with Crippen LogP contribution in [-0.4, -0.2) is 22.9 Å². The number of hydrogen-bond donors (Lipinski definition) is 2. The minimum atomic E-state index is -0.919. The molecule has 0 aromatic heterocycles.